The van der Waals surface area contributed by atoms with Crippen molar-refractivity contribution in [1.82, 2.24) is 4.57 Å². The van der Waals surface area contributed by atoms with Crippen LogP contribution in [-0.4, -0.2) is 156 Å². The number of ketones is 4. The molecule has 1 heterocycles. The van der Waals surface area contributed by atoms with E-state index in [1.807, 2.05) is 76.6 Å². The molecule has 0 saturated carbocycles. The summed E-state index contributed by atoms with van der Waals surface area (Å²) >= 11 is 0. The van der Waals surface area contributed by atoms with Gasteiger partial charge in [-0.25, -0.2) is 0 Å². The number of anilines is 7. The van der Waals surface area contributed by atoms with E-state index in [0.717, 1.165) is 69.5 Å². The van der Waals surface area contributed by atoms with Crippen molar-refractivity contribution in [3.63, 3.8) is 0 Å². The Hall–Kier alpha value is -9.66. The molecule has 0 amide bonds. The summed E-state index contributed by atoms with van der Waals surface area (Å²) in [6.07, 6.45) is 0.956. The maximum absolute atomic E-state index is 13.5. The van der Waals surface area contributed by atoms with Gasteiger partial charge in [0.05, 0.1) is 144 Å². The van der Waals surface area contributed by atoms with Gasteiger partial charge in [0.1, 0.15) is 12.6 Å². The number of quaternary nitrogens is 3. The van der Waals surface area contributed by atoms with Gasteiger partial charge in [0, 0.05) is 88.8 Å². The van der Waals surface area contributed by atoms with Crippen LogP contribution in [0.2, 0.25) is 0 Å². The first kappa shape index (κ1) is 63.8. The number of nitrogen functional groups attached to an aromatic ring is 2. The molecule has 9 aromatic rings. The Bertz CT molecular complexity index is 4420. The fourth-order valence-corrected chi connectivity index (χ4v) is 11.7. The van der Waals surface area contributed by atoms with Crippen molar-refractivity contribution in [2.75, 3.05) is 136 Å². The van der Waals surface area contributed by atoms with E-state index < -0.39 is 28.1 Å². The lowest BCUT2D eigenvalue weighted by molar-refractivity contribution is -0.873. The topological polar surface area (TPSA) is 262 Å². The number of rotatable bonds is 17. The summed E-state index contributed by atoms with van der Waals surface area (Å²) < 4.78 is 3.06. The molecule has 0 spiro atoms. The smallest absolute Gasteiger partial charge is 0.263 e. The molecule has 0 bridgehead atoms. The molecule has 0 saturated heterocycles. The lowest BCUT2D eigenvalue weighted by Crippen LogP contribution is -2.44. The zero-order valence-corrected chi connectivity index (χ0v) is 52.4. The summed E-state index contributed by atoms with van der Waals surface area (Å²) in [5.41, 5.74) is 17.9. The standard InChI is InChI=1S/C27H29N3O2.C22H22N4O5.C21H25N3O2/c1-18-10-12-19(13-11-18)29-23-15-14-22(28-16-7-17-30(2,3)4)24-25(23)27(32)21-9-6-5-8-20(21)26(24)31;1-26(2,3)9-10(27)8-25-21(30)15-16(22(25)31)18(24)14-13(17(15)23)19(28)11-6-4-5-7-12(11)20(14)29;1-22-16-10-11-17(23-12-7-13-24(2,3)4)19-18(16)20(25)14-8-5-6-9-15(14)21(19)26/h5-6,8-15H,7,16-17H2,1-4H3,(H-,28,29,31,32);4-7,10,27H,8-9H2,1-3H3,(H3-,23,24,28,29,30,31);5-6,8-11H,7,12-13H2,1-4H3,(H-,22,23,25,26)/p+3. The molecule has 0 radical (unpaired) electrons. The van der Waals surface area contributed by atoms with Crippen LogP contribution in [0.3, 0.4) is 0 Å². The number of nitrogens with two attached hydrogens (primary N) is 2. The van der Waals surface area contributed by atoms with Crippen molar-refractivity contribution in [2.45, 2.75) is 32.4 Å². The van der Waals surface area contributed by atoms with E-state index in [9.17, 15) is 43.5 Å². The highest BCUT2D eigenvalue weighted by Crippen LogP contribution is 2.39. The summed E-state index contributed by atoms with van der Waals surface area (Å²) in [5, 5.41) is 23.2. The van der Waals surface area contributed by atoms with Crippen LogP contribution in [0.15, 0.2) is 141 Å². The molecule has 2 aliphatic carbocycles. The van der Waals surface area contributed by atoms with Crippen LogP contribution < -0.4 is 54.7 Å². The SMILES string of the molecule is CNc1ccc(NCCC[N+](C)(C)C)c2c1C(=O)c1ccccc1C2=O.C[N+](C)(C)CC(O)Cn1c(=O)c2c(N)c3c(=O)c4ccccc4c(=O)c3c(N)c2c1=O.Cc1ccc(Nc2ccc(NCCC[N+](C)(C)C)c3c2C(=O)c2ccccc2C3=O)cc1. The number of hydrogen-bond donors (Lipinski definition) is 7. The van der Waals surface area contributed by atoms with E-state index in [0.29, 0.717) is 72.6 Å². The number of aryl methyl sites for hydroxylation is 1. The van der Waals surface area contributed by atoms with Crippen molar-refractivity contribution in [2.24, 2.45) is 0 Å². The van der Waals surface area contributed by atoms with E-state index in [2.05, 4.69) is 63.6 Å². The Morgan fingerprint density at radius 1 is 0.461 bits per heavy atom. The highest BCUT2D eigenvalue weighted by atomic mass is 16.3. The Morgan fingerprint density at radius 3 is 1.20 bits per heavy atom. The fraction of sp³-hybridized carbons (Fsp3) is 0.286. The third kappa shape index (κ3) is 13.1. The van der Waals surface area contributed by atoms with Gasteiger partial charge in [-0.15, -0.1) is 0 Å². The van der Waals surface area contributed by atoms with E-state index in [1.54, 1.807) is 67.7 Å². The van der Waals surface area contributed by atoms with Crippen molar-refractivity contribution >= 4 is 95.3 Å². The van der Waals surface area contributed by atoms with Gasteiger partial charge in [0.15, 0.2) is 34.0 Å². The highest BCUT2D eigenvalue weighted by molar-refractivity contribution is 6.33. The number of nitrogens with zero attached hydrogens (tertiary/aromatic N) is 4. The van der Waals surface area contributed by atoms with Gasteiger partial charge in [-0.2, -0.15) is 0 Å². The first-order valence-electron chi connectivity index (χ1n) is 29.6. The first-order chi connectivity index (χ1) is 42.0. The fourth-order valence-electron chi connectivity index (χ4n) is 11.7. The number of aliphatic hydroxyl groups excluding tert-OH is 1. The van der Waals surface area contributed by atoms with Crippen molar-refractivity contribution in [3.8, 4) is 0 Å². The van der Waals surface area contributed by atoms with E-state index >= 15 is 0 Å². The number of likely N-dealkylation sites (N-methyl/N-ethyl adjacent to an activating group) is 1. The molecule has 8 aromatic carbocycles. The number of aromatic nitrogens is 1. The Balaban J connectivity index is 0.000000160. The summed E-state index contributed by atoms with van der Waals surface area (Å²) in [6, 6.07) is 35.9. The Labute approximate surface area is 516 Å². The average molecular weight is 1200 g/mol. The van der Waals surface area contributed by atoms with Crippen molar-refractivity contribution in [3.05, 3.63) is 213 Å². The molecule has 2 aliphatic rings. The second kappa shape index (κ2) is 25.2. The molecule has 0 aliphatic heterocycles. The predicted octanol–water partition coefficient (Wildman–Crippen LogP) is 7.53. The third-order valence-electron chi connectivity index (χ3n) is 15.9. The first-order valence-corrected chi connectivity index (χ1v) is 29.6. The number of fused-ring (bicyclic) bond motifs is 7. The second-order valence-electron chi connectivity index (χ2n) is 25.9. The number of carbonyl (C=O) groups excluding carboxylic acids is 4. The molecule has 1 aromatic heterocycles. The summed E-state index contributed by atoms with van der Waals surface area (Å²) in [5.74, 6) is -0.437. The molecule has 1 atom stereocenters. The molecule has 460 valence electrons. The number of nitrogens with one attached hydrogen (secondary N) is 4. The molecule has 89 heavy (non-hydrogen) atoms. The van der Waals surface area contributed by atoms with Gasteiger partial charge < -0.3 is 51.3 Å². The molecule has 9 N–H and O–H groups in total. The van der Waals surface area contributed by atoms with Crippen LogP contribution >= 0.6 is 0 Å². The van der Waals surface area contributed by atoms with Gasteiger partial charge in [0.2, 0.25) is 0 Å². The van der Waals surface area contributed by atoms with Crippen LogP contribution in [-0.2, 0) is 6.54 Å². The largest absolute Gasteiger partial charge is 0.397 e. The van der Waals surface area contributed by atoms with Gasteiger partial charge in [0.25, 0.3) is 11.1 Å². The molecule has 1 unspecified atom stereocenters. The average Bonchev–Trinajstić information content (AvgIpc) is 1.75. The molecular formula is C70H79N10O9+3. The minimum absolute atomic E-state index is 0.0959. The van der Waals surface area contributed by atoms with Crippen molar-refractivity contribution < 1.29 is 37.7 Å². The maximum Gasteiger partial charge on any atom is 0.263 e. The van der Waals surface area contributed by atoms with E-state index in [1.165, 1.54) is 12.1 Å². The number of hydrogen-bond acceptors (Lipinski definition) is 15. The minimum atomic E-state index is -0.980. The van der Waals surface area contributed by atoms with Crippen LogP contribution in [0.4, 0.5) is 39.8 Å². The molecule has 0 fully saturated rings. The lowest BCUT2D eigenvalue weighted by Gasteiger charge is -2.26. The normalized spacial score (nSPS) is 13.2. The van der Waals surface area contributed by atoms with Crippen molar-refractivity contribution in [1.29, 1.82) is 0 Å². The second-order valence-corrected chi connectivity index (χ2v) is 25.9. The van der Waals surface area contributed by atoms with Gasteiger partial charge in [-0.05, 0) is 43.3 Å². The maximum atomic E-state index is 13.5. The van der Waals surface area contributed by atoms with Gasteiger partial charge in [-0.1, -0.05) is 90.5 Å². The molecular weight excluding hydrogens is 1120 g/mol. The van der Waals surface area contributed by atoms with Crippen LogP contribution in [0.1, 0.15) is 82.1 Å². The quantitative estimate of drug-likeness (QED) is 0.0153. The zero-order chi connectivity index (χ0) is 64.6. The number of carbonyl (C=O) groups is 4. The summed E-state index contributed by atoms with van der Waals surface area (Å²) in [6.45, 7) is 5.59. The molecule has 19 heteroatoms. The lowest BCUT2D eigenvalue weighted by atomic mass is 9.82. The van der Waals surface area contributed by atoms with E-state index in [4.69, 9.17) is 11.5 Å². The third-order valence-corrected chi connectivity index (χ3v) is 15.9. The molecule has 11 rings (SSSR count). The van der Waals surface area contributed by atoms with Crippen LogP contribution in [0.5, 0.6) is 0 Å². The highest BCUT2D eigenvalue weighted by Gasteiger charge is 2.36. The van der Waals surface area contributed by atoms with Crippen LogP contribution in [0, 0.1) is 6.92 Å². The Kier molecular flexibility index (Phi) is 18.1. The monoisotopic (exact) mass is 1200 g/mol. The van der Waals surface area contributed by atoms with E-state index in [-0.39, 0.29) is 73.4 Å². The summed E-state index contributed by atoms with van der Waals surface area (Å²) in [4.78, 5) is 105. The number of benzene rings is 8. The predicted molar refractivity (Wildman–Crippen MR) is 358 cm³/mol. The Morgan fingerprint density at radius 2 is 0.820 bits per heavy atom. The zero-order valence-electron chi connectivity index (χ0n) is 52.4. The minimum Gasteiger partial charge on any atom is -0.397 e. The number of aliphatic hydroxyl groups is 1. The summed E-state index contributed by atoms with van der Waals surface area (Å²) in [7, 11) is 20.3. The van der Waals surface area contributed by atoms with Gasteiger partial charge in [-0.3, -0.25) is 42.9 Å². The van der Waals surface area contributed by atoms with Gasteiger partial charge >= 0.3 is 0 Å². The molecule has 19 nitrogen and oxygen atoms in total. The van der Waals surface area contributed by atoms with Crippen LogP contribution in [0.25, 0.3) is 32.3 Å².